The van der Waals surface area contributed by atoms with E-state index in [1.807, 2.05) is 31.2 Å². The molecular formula is C21H22N6O4. The Balaban J connectivity index is 1.55. The largest absolute Gasteiger partial charge is 0.495 e. The zero-order valence-electron chi connectivity index (χ0n) is 17.1. The lowest BCUT2D eigenvalue weighted by atomic mass is 10.1. The molecule has 0 aliphatic heterocycles. The molecule has 160 valence electrons. The molecule has 4 N–H and O–H groups in total. The molecule has 31 heavy (non-hydrogen) atoms. The van der Waals surface area contributed by atoms with Crippen molar-refractivity contribution in [1.82, 2.24) is 20.3 Å². The average Bonchev–Trinajstić information content (AvgIpc) is 2.76. The lowest BCUT2D eigenvalue weighted by molar-refractivity contribution is -0.143. The van der Waals surface area contributed by atoms with Gasteiger partial charge in [0, 0.05) is 5.56 Å². The molecule has 0 saturated heterocycles. The van der Waals surface area contributed by atoms with Crippen molar-refractivity contribution in [3.8, 4) is 5.75 Å². The summed E-state index contributed by atoms with van der Waals surface area (Å²) in [4.78, 5) is 36.2. The molecule has 10 nitrogen and oxygen atoms in total. The Morgan fingerprint density at radius 3 is 2.52 bits per heavy atom. The van der Waals surface area contributed by atoms with Gasteiger partial charge in [-0.3, -0.25) is 9.59 Å². The number of nitrogens with zero attached hydrogens (tertiary/aromatic N) is 3. The van der Waals surface area contributed by atoms with Gasteiger partial charge in [-0.25, -0.2) is 0 Å². The number of carbonyl (C=O) groups excluding carboxylic acids is 2. The maximum Gasteiger partial charge on any atom is 0.325 e. The highest BCUT2D eigenvalue weighted by atomic mass is 16.5. The van der Waals surface area contributed by atoms with Gasteiger partial charge in [0.2, 0.25) is 11.9 Å². The number of nitrogen functional groups attached to an aromatic ring is 1. The zero-order valence-corrected chi connectivity index (χ0v) is 17.1. The summed E-state index contributed by atoms with van der Waals surface area (Å²) in [5.41, 5.74) is 7.86. The third-order valence-electron chi connectivity index (χ3n) is 4.12. The Kier molecular flexibility index (Phi) is 6.94. The molecule has 1 heterocycles. The van der Waals surface area contributed by atoms with Crippen LogP contribution in [-0.4, -0.2) is 40.5 Å². The van der Waals surface area contributed by atoms with Crippen molar-refractivity contribution in [3.05, 3.63) is 65.5 Å². The van der Waals surface area contributed by atoms with Crippen molar-refractivity contribution in [2.45, 2.75) is 13.5 Å². The number of nitrogens with one attached hydrogen (secondary N) is 2. The van der Waals surface area contributed by atoms with Crippen molar-refractivity contribution in [2.75, 3.05) is 24.7 Å². The second-order valence-electron chi connectivity index (χ2n) is 6.47. The van der Waals surface area contributed by atoms with Crippen LogP contribution in [0.4, 0.5) is 17.6 Å². The number of carbonyl (C=O) groups is 2. The maximum atomic E-state index is 12.1. The molecule has 0 fully saturated rings. The van der Waals surface area contributed by atoms with E-state index in [1.165, 1.54) is 0 Å². The number of nitrogens with two attached hydrogens (primary N) is 1. The molecule has 0 saturated carbocycles. The van der Waals surface area contributed by atoms with Crippen LogP contribution in [0.25, 0.3) is 0 Å². The van der Waals surface area contributed by atoms with Crippen LogP contribution in [0, 0.1) is 6.92 Å². The zero-order chi connectivity index (χ0) is 22.2. The van der Waals surface area contributed by atoms with Crippen molar-refractivity contribution in [1.29, 1.82) is 0 Å². The second kappa shape index (κ2) is 10.0. The van der Waals surface area contributed by atoms with Crippen LogP contribution in [-0.2, 0) is 16.1 Å². The number of amides is 1. The number of hydrogen-bond acceptors (Lipinski definition) is 9. The van der Waals surface area contributed by atoms with E-state index >= 15 is 0 Å². The fraction of sp³-hybridized carbons (Fsp3) is 0.190. The fourth-order valence-corrected chi connectivity index (χ4v) is 2.58. The van der Waals surface area contributed by atoms with Crippen molar-refractivity contribution >= 4 is 29.5 Å². The molecule has 0 radical (unpaired) electrons. The average molecular weight is 422 g/mol. The third kappa shape index (κ3) is 6.13. The second-order valence-corrected chi connectivity index (χ2v) is 6.47. The van der Waals surface area contributed by atoms with Gasteiger partial charge < -0.3 is 25.8 Å². The summed E-state index contributed by atoms with van der Waals surface area (Å²) in [6.45, 7) is 1.40. The predicted octanol–water partition coefficient (Wildman–Crippen LogP) is 1.99. The highest BCUT2D eigenvalue weighted by molar-refractivity contribution is 5.95. The first-order chi connectivity index (χ1) is 14.9. The summed E-state index contributed by atoms with van der Waals surface area (Å²) in [6, 6.07) is 14.2. The van der Waals surface area contributed by atoms with Crippen molar-refractivity contribution in [2.24, 2.45) is 0 Å². The molecule has 0 aliphatic rings. The Morgan fingerprint density at radius 2 is 1.77 bits per heavy atom. The number of rotatable bonds is 8. The quantitative estimate of drug-likeness (QED) is 0.465. The van der Waals surface area contributed by atoms with Gasteiger partial charge in [0.1, 0.15) is 12.3 Å². The Labute approximate surface area is 178 Å². The number of aryl methyl sites for hydroxylation is 1. The van der Waals surface area contributed by atoms with Crippen LogP contribution in [0.15, 0.2) is 48.5 Å². The SMILES string of the molecule is COc1ccccc1Nc1nc(N)nc(COC(=O)CNC(=O)c2ccc(C)cc2)n1. The molecular weight excluding hydrogens is 400 g/mol. The number of hydrogen-bond donors (Lipinski definition) is 3. The molecule has 3 rings (SSSR count). The summed E-state index contributed by atoms with van der Waals surface area (Å²) in [7, 11) is 1.55. The topological polar surface area (TPSA) is 141 Å². The van der Waals surface area contributed by atoms with Crippen LogP contribution in [0.1, 0.15) is 21.7 Å². The molecule has 10 heteroatoms. The van der Waals surface area contributed by atoms with Gasteiger partial charge in [-0.2, -0.15) is 15.0 Å². The molecule has 0 spiro atoms. The van der Waals surface area contributed by atoms with Crippen LogP contribution < -0.4 is 21.1 Å². The molecule has 0 aliphatic carbocycles. The van der Waals surface area contributed by atoms with E-state index in [4.69, 9.17) is 15.2 Å². The number of aromatic nitrogens is 3. The van der Waals surface area contributed by atoms with Crippen molar-refractivity contribution in [3.63, 3.8) is 0 Å². The lowest BCUT2D eigenvalue weighted by Crippen LogP contribution is -2.30. The molecule has 0 bridgehead atoms. The maximum absolute atomic E-state index is 12.1. The summed E-state index contributed by atoms with van der Waals surface area (Å²) >= 11 is 0. The molecule has 1 amide bonds. The summed E-state index contributed by atoms with van der Waals surface area (Å²) < 4.78 is 10.4. The first-order valence-corrected chi connectivity index (χ1v) is 9.35. The van der Waals surface area contributed by atoms with E-state index in [9.17, 15) is 9.59 Å². The number of methoxy groups -OCH3 is 1. The molecule has 1 aromatic heterocycles. The third-order valence-corrected chi connectivity index (χ3v) is 4.12. The summed E-state index contributed by atoms with van der Waals surface area (Å²) in [6.07, 6.45) is 0. The van der Waals surface area contributed by atoms with Gasteiger partial charge in [-0.1, -0.05) is 29.8 Å². The molecule has 2 aromatic carbocycles. The number of anilines is 3. The lowest BCUT2D eigenvalue weighted by Gasteiger charge is -2.11. The van der Waals surface area contributed by atoms with Crippen LogP contribution >= 0.6 is 0 Å². The molecule has 0 unspecified atom stereocenters. The van der Waals surface area contributed by atoms with Gasteiger partial charge >= 0.3 is 5.97 Å². The minimum absolute atomic E-state index is 0.0360. The summed E-state index contributed by atoms with van der Waals surface area (Å²) in [5, 5.41) is 5.49. The van der Waals surface area contributed by atoms with E-state index < -0.39 is 5.97 Å². The van der Waals surface area contributed by atoms with E-state index in [1.54, 1.807) is 31.4 Å². The van der Waals surface area contributed by atoms with Gasteiger partial charge in [0.25, 0.3) is 5.91 Å². The van der Waals surface area contributed by atoms with Crippen molar-refractivity contribution < 1.29 is 19.1 Å². The fourth-order valence-electron chi connectivity index (χ4n) is 2.58. The molecule has 0 atom stereocenters. The van der Waals surface area contributed by atoms with Gasteiger partial charge in [0.15, 0.2) is 12.4 Å². The molecule has 3 aromatic rings. The predicted molar refractivity (Wildman–Crippen MR) is 114 cm³/mol. The Morgan fingerprint density at radius 1 is 1.03 bits per heavy atom. The minimum atomic E-state index is -0.640. The van der Waals surface area contributed by atoms with E-state index in [2.05, 4.69) is 25.6 Å². The normalized spacial score (nSPS) is 10.3. The van der Waals surface area contributed by atoms with Gasteiger partial charge in [-0.15, -0.1) is 0 Å². The monoisotopic (exact) mass is 422 g/mol. The van der Waals surface area contributed by atoms with Crippen LogP contribution in [0.3, 0.4) is 0 Å². The Bertz CT molecular complexity index is 1070. The standard InChI is InChI=1S/C21H22N6O4/c1-13-7-9-14(10-8-13)19(29)23-11-18(28)31-12-17-25-20(22)27-21(26-17)24-15-5-3-4-6-16(15)30-2/h3-10H,11-12H2,1-2H3,(H,23,29)(H3,22,24,25,26,27). The first kappa shape index (κ1) is 21.5. The highest BCUT2D eigenvalue weighted by Gasteiger charge is 2.12. The number of para-hydroxylation sites is 2. The summed E-state index contributed by atoms with van der Waals surface area (Å²) in [5.74, 6) is -0.118. The first-order valence-electron chi connectivity index (χ1n) is 9.35. The van der Waals surface area contributed by atoms with E-state index in [0.717, 1.165) is 5.56 Å². The smallest absolute Gasteiger partial charge is 0.325 e. The van der Waals surface area contributed by atoms with E-state index in [0.29, 0.717) is 17.0 Å². The number of benzene rings is 2. The highest BCUT2D eigenvalue weighted by Crippen LogP contribution is 2.25. The van der Waals surface area contributed by atoms with Crippen LogP contribution in [0.2, 0.25) is 0 Å². The van der Waals surface area contributed by atoms with Gasteiger partial charge in [-0.05, 0) is 31.2 Å². The number of esters is 1. The number of ether oxygens (including phenoxy) is 2. The van der Waals surface area contributed by atoms with E-state index in [-0.39, 0.29) is 36.8 Å². The minimum Gasteiger partial charge on any atom is -0.495 e. The van der Waals surface area contributed by atoms with Crippen LogP contribution in [0.5, 0.6) is 5.75 Å². The Hall–Kier alpha value is -4.21. The van der Waals surface area contributed by atoms with Gasteiger partial charge in [0.05, 0.1) is 12.8 Å².